The zero-order valence-electron chi connectivity index (χ0n) is 16.0. The molecule has 1 aliphatic carbocycles. The van der Waals surface area contributed by atoms with Crippen LogP contribution < -0.4 is 0 Å². The molecule has 0 amide bonds. The number of ether oxygens (including phenoxy) is 1. The van der Waals surface area contributed by atoms with Gasteiger partial charge >= 0.3 is 6.18 Å². The van der Waals surface area contributed by atoms with E-state index in [0.29, 0.717) is 31.0 Å². The number of rotatable bonds is 4. The van der Waals surface area contributed by atoms with Crippen molar-refractivity contribution in [2.75, 3.05) is 26.3 Å². The largest absolute Gasteiger partial charge is 0.435 e. The summed E-state index contributed by atoms with van der Waals surface area (Å²) in [5.41, 5.74) is 1.43. The number of hydrogen-bond donors (Lipinski definition) is 0. The Morgan fingerprint density at radius 1 is 1.14 bits per heavy atom. The predicted octanol–water partition coefficient (Wildman–Crippen LogP) is 5.22. The summed E-state index contributed by atoms with van der Waals surface area (Å²) < 4.78 is 49.0. The van der Waals surface area contributed by atoms with Crippen LogP contribution in [0.5, 0.6) is 0 Å². The highest BCUT2D eigenvalue weighted by Crippen LogP contribution is 2.35. The summed E-state index contributed by atoms with van der Waals surface area (Å²) in [4.78, 5) is 1.04. The predicted molar refractivity (Wildman–Crippen MR) is 107 cm³/mol. The van der Waals surface area contributed by atoms with Crippen LogP contribution in [0.1, 0.15) is 30.7 Å². The van der Waals surface area contributed by atoms with E-state index in [2.05, 4.69) is 9.40 Å². The lowest BCUT2D eigenvalue weighted by atomic mass is 9.94. The van der Waals surface area contributed by atoms with Gasteiger partial charge in [0.15, 0.2) is 5.69 Å². The molecule has 4 rings (SSSR count). The second-order valence-electron chi connectivity index (χ2n) is 7.14. The van der Waals surface area contributed by atoms with Crippen LogP contribution in [0.3, 0.4) is 0 Å². The van der Waals surface area contributed by atoms with Crippen molar-refractivity contribution in [3.63, 3.8) is 0 Å². The molecule has 8 heteroatoms. The van der Waals surface area contributed by atoms with Crippen LogP contribution in [-0.2, 0) is 10.9 Å². The number of nitrogens with zero attached hydrogens (tertiary/aromatic N) is 3. The molecule has 154 valence electrons. The van der Waals surface area contributed by atoms with Gasteiger partial charge in [0.05, 0.1) is 24.6 Å². The van der Waals surface area contributed by atoms with Gasteiger partial charge in [-0.3, -0.25) is 0 Å². The number of allylic oxidation sites excluding steroid dienone is 4. The highest BCUT2D eigenvalue weighted by atomic mass is 32.2. The van der Waals surface area contributed by atoms with Crippen molar-refractivity contribution in [2.24, 2.45) is 0 Å². The van der Waals surface area contributed by atoms with E-state index in [1.165, 1.54) is 10.7 Å². The Kier molecular flexibility index (Phi) is 5.85. The van der Waals surface area contributed by atoms with Crippen molar-refractivity contribution in [3.8, 4) is 5.69 Å². The Labute approximate surface area is 172 Å². The van der Waals surface area contributed by atoms with Gasteiger partial charge in [-0.1, -0.05) is 23.8 Å². The minimum Gasteiger partial charge on any atom is -0.379 e. The third-order valence-corrected chi connectivity index (χ3v) is 6.08. The molecule has 0 radical (unpaired) electrons. The number of alkyl halides is 3. The molecule has 1 unspecified atom stereocenters. The molecular weight excluding hydrogens is 399 g/mol. The smallest absolute Gasteiger partial charge is 0.379 e. The number of halogens is 3. The van der Waals surface area contributed by atoms with Gasteiger partial charge in [-0.25, -0.2) is 8.99 Å². The monoisotopic (exact) mass is 421 g/mol. The normalized spacial score (nSPS) is 20.7. The molecule has 29 heavy (non-hydrogen) atoms. The fourth-order valence-electron chi connectivity index (χ4n) is 3.39. The second-order valence-corrected chi connectivity index (χ2v) is 8.31. The lowest BCUT2D eigenvalue weighted by molar-refractivity contribution is -0.141. The summed E-state index contributed by atoms with van der Waals surface area (Å²) in [5.74, 6) is -0.135. The van der Waals surface area contributed by atoms with Crippen LogP contribution in [-0.4, -0.2) is 40.4 Å². The van der Waals surface area contributed by atoms with Gasteiger partial charge in [0.1, 0.15) is 0 Å². The SMILES string of the molecule is CC1=CCC(c2cc(C(F)(F)F)nn2-c2ccc(SN3CCOCC3)cc2)C=C1. The van der Waals surface area contributed by atoms with Gasteiger partial charge in [-0.05, 0) is 55.6 Å². The maximum absolute atomic E-state index is 13.3. The van der Waals surface area contributed by atoms with Gasteiger partial charge in [-0.15, -0.1) is 0 Å². The molecule has 1 aliphatic heterocycles. The lowest BCUT2D eigenvalue weighted by Crippen LogP contribution is -2.30. The molecule has 0 saturated carbocycles. The minimum atomic E-state index is -4.48. The molecule has 2 aliphatic rings. The molecule has 0 spiro atoms. The van der Waals surface area contributed by atoms with Gasteiger partial charge in [0, 0.05) is 23.9 Å². The number of morpholine rings is 1. The standard InChI is InChI=1S/C21H22F3N3OS/c1-15-2-4-16(5-3-15)19-14-20(21(22,23)24)25-27(19)17-6-8-18(9-7-17)29-26-10-12-28-13-11-26/h2-4,6-9,14,16H,5,10-13H2,1H3. The fraction of sp³-hybridized carbons (Fsp3) is 0.381. The van der Waals surface area contributed by atoms with Crippen LogP contribution in [0.15, 0.2) is 59.0 Å². The summed E-state index contributed by atoms with van der Waals surface area (Å²) in [5, 5.41) is 3.89. The Balaban J connectivity index is 1.61. The maximum Gasteiger partial charge on any atom is 0.435 e. The van der Waals surface area contributed by atoms with Crippen molar-refractivity contribution >= 4 is 11.9 Å². The summed E-state index contributed by atoms with van der Waals surface area (Å²) in [6, 6.07) is 8.67. The van der Waals surface area contributed by atoms with Gasteiger partial charge in [-0.2, -0.15) is 18.3 Å². The molecule has 2 heterocycles. The summed E-state index contributed by atoms with van der Waals surface area (Å²) in [7, 11) is 0. The minimum absolute atomic E-state index is 0.135. The molecule has 1 aromatic carbocycles. The molecule has 1 aromatic heterocycles. The van der Waals surface area contributed by atoms with Gasteiger partial charge in [0.25, 0.3) is 0 Å². The van der Waals surface area contributed by atoms with E-state index in [-0.39, 0.29) is 5.92 Å². The quantitative estimate of drug-likeness (QED) is 0.633. The first-order valence-electron chi connectivity index (χ1n) is 9.53. The molecule has 1 fully saturated rings. The van der Waals surface area contributed by atoms with Crippen molar-refractivity contribution in [2.45, 2.75) is 30.3 Å². The van der Waals surface area contributed by atoms with Crippen molar-refractivity contribution in [1.29, 1.82) is 0 Å². The van der Waals surface area contributed by atoms with Crippen molar-refractivity contribution in [1.82, 2.24) is 14.1 Å². The third-order valence-electron chi connectivity index (χ3n) is 4.98. The molecule has 0 bridgehead atoms. The average molecular weight is 421 g/mol. The molecule has 1 atom stereocenters. The zero-order chi connectivity index (χ0) is 20.4. The van der Waals surface area contributed by atoms with Gasteiger partial charge in [0.2, 0.25) is 0 Å². The second kappa shape index (κ2) is 8.38. The van der Waals surface area contributed by atoms with E-state index >= 15 is 0 Å². The van der Waals surface area contributed by atoms with Crippen LogP contribution >= 0.6 is 11.9 Å². The molecule has 4 nitrogen and oxygen atoms in total. The van der Waals surface area contributed by atoms with E-state index in [1.54, 1.807) is 11.9 Å². The van der Waals surface area contributed by atoms with E-state index in [1.807, 2.05) is 49.4 Å². The third kappa shape index (κ3) is 4.76. The Bertz CT molecular complexity index is 912. The Morgan fingerprint density at radius 3 is 2.48 bits per heavy atom. The van der Waals surface area contributed by atoms with Gasteiger partial charge < -0.3 is 4.74 Å². The topological polar surface area (TPSA) is 30.3 Å². The van der Waals surface area contributed by atoms with Crippen LogP contribution in [0.4, 0.5) is 13.2 Å². The van der Waals surface area contributed by atoms with Crippen molar-refractivity contribution < 1.29 is 17.9 Å². The zero-order valence-corrected chi connectivity index (χ0v) is 16.8. The lowest BCUT2D eigenvalue weighted by Gasteiger charge is -2.25. The van der Waals surface area contributed by atoms with Crippen molar-refractivity contribution in [3.05, 3.63) is 65.5 Å². The summed E-state index contributed by atoms with van der Waals surface area (Å²) >= 11 is 1.64. The van der Waals surface area contributed by atoms with Crippen LogP contribution in [0.25, 0.3) is 5.69 Å². The van der Waals surface area contributed by atoms with E-state index < -0.39 is 11.9 Å². The first-order valence-corrected chi connectivity index (χ1v) is 10.3. The molecule has 2 aromatic rings. The highest BCUT2D eigenvalue weighted by molar-refractivity contribution is 7.97. The molecule has 0 N–H and O–H groups in total. The molecular formula is C21H22F3N3OS. The fourth-order valence-corrected chi connectivity index (χ4v) is 4.27. The number of hydrogen-bond acceptors (Lipinski definition) is 4. The number of aromatic nitrogens is 2. The number of benzene rings is 1. The first kappa shape index (κ1) is 20.3. The van der Waals surface area contributed by atoms with Crippen LogP contribution in [0.2, 0.25) is 0 Å². The molecule has 1 saturated heterocycles. The Morgan fingerprint density at radius 2 is 1.86 bits per heavy atom. The maximum atomic E-state index is 13.3. The summed E-state index contributed by atoms with van der Waals surface area (Å²) in [6.07, 6.45) is 2.12. The first-order chi connectivity index (χ1) is 13.9. The van der Waals surface area contributed by atoms with Crippen LogP contribution in [0, 0.1) is 0 Å². The van der Waals surface area contributed by atoms with E-state index in [9.17, 15) is 13.2 Å². The summed E-state index contributed by atoms with van der Waals surface area (Å²) in [6.45, 7) is 5.11. The Hall–Kier alpha value is -2.03. The van der Waals surface area contributed by atoms with E-state index in [4.69, 9.17) is 4.74 Å². The average Bonchev–Trinajstić information content (AvgIpc) is 3.16. The highest BCUT2D eigenvalue weighted by Gasteiger charge is 2.36. The van der Waals surface area contributed by atoms with E-state index in [0.717, 1.165) is 23.6 Å².